The number of rotatable bonds is 3. The van der Waals surface area contributed by atoms with Crippen LogP contribution in [0.4, 0.5) is 11.4 Å². The number of aromatic nitrogens is 1. The van der Waals surface area contributed by atoms with Gasteiger partial charge in [-0.3, -0.25) is 19.5 Å². The summed E-state index contributed by atoms with van der Waals surface area (Å²) < 4.78 is 6.85. The largest absolute Gasteiger partial charge is 0.456 e. The Bertz CT molecular complexity index is 1420. The molecule has 2 heterocycles. The minimum absolute atomic E-state index is 0.00428. The number of amides is 1. The number of anilines is 2. The van der Waals surface area contributed by atoms with E-state index in [2.05, 4.69) is 40.1 Å². The molecular weight excluding hydrogens is 542 g/mol. The zero-order valence-corrected chi connectivity index (χ0v) is 22.5. The number of nitrogens with one attached hydrogen (secondary N) is 1. The second-order valence-electron chi connectivity index (χ2n) is 9.86. The number of carbonyl (C=O) groups excluding carboxylic acids is 2. The highest BCUT2D eigenvalue weighted by atomic mass is 79.9. The van der Waals surface area contributed by atoms with Gasteiger partial charge in [-0.25, -0.2) is 0 Å². The van der Waals surface area contributed by atoms with Crippen molar-refractivity contribution < 1.29 is 14.3 Å². The highest BCUT2D eigenvalue weighted by molar-refractivity contribution is 9.10. The maximum absolute atomic E-state index is 13.6. The molecule has 6 nitrogen and oxygen atoms in total. The van der Waals surface area contributed by atoms with Gasteiger partial charge in [0.15, 0.2) is 5.78 Å². The molecule has 8 heteroatoms. The number of nitrogens with zero attached hydrogens (tertiary/aromatic N) is 2. The SMILES string of the molecule is CC(=O)N1c2ccncc2NC2=C(C(=O)CC(C)(C)C2)C1c1ccc(Oc2ccccc2Br)cc1Cl. The quantitative estimate of drug-likeness (QED) is 0.356. The lowest BCUT2D eigenvalue weighted by Crippen LogP contribution is -2.38. The van der Waals surface area contributed by atoms with Gasteiger partial charge in [0.2, 0.25) is 5.91 Å². The number of pyridine rings is 1. The van der Waals surface area contributed by atoms with Gasteiger partial charge in [0, 0.05) is 35.8 Å². The summed E-state index contributed by atoms with van der Waals surface area (Å²) in [5.41, 5.74) is 3.11. The van der Waals surface area contributed by atoms with E-state index in [0.717, 1.165) is 10.2 Å². The molecule has 2 aromatic carbocycles. The number of hydrogen-bond donors (Lipinski definition) is 1. The van der Waals surface area contributed by atoms with Gasteiger partial charge in [0.1, 0.15) is 11.5 Å². The predicted molar refractivity (Wildman–Crippen MR) is 144 cm³/mol. The van der Waals surface area contributed by atoms with Crippen LogP contribution in [-0.4, -0.2) is 16.7 Å². The molecule has 1 unspecified atom stereocenters. The van der Waals surface area contributed by atoms with E-state index in [1.54, 1.807) is 29.4 Å². The average molecular weight is 567 g/mol. The molecule has 36 heavy (non-hydrogen) atoms. The van der Waals surface area contributed by atoms with E-state index in [-0.39, 0.29) is 17.1 Å². The van der Waals surface area contributed by atoms with Gasteiger partial charge in [-0.15, -0.1) is 0 Å². The van der Waals surface area contributed by atoms with Gasteiger partial charge in [-0.2, -0.15) is 0 Å². The summed E-state index contributed by atoms with van der Waals surface area (Å²) in [5, 5.41) is 3.83. The first kappa shape index (κ1) is 24.5. The molecule has 184 valence electrons. The van der Waals surface area contributed by atoms with E-state index >= 15 is 0 Å². The van der Waals surface area contributed by atoms with Gasteiger partial charge >= 0.3 is 0 Å². The Morgan fingerprint density at radius 3 is 2.69 bits per heavy atom. The third-order valence-electron chi connectivity index (χ3n) is 6.46. The van der Waals surface area contributed by atoms with Crippen molar-refractivity contribution in [1.82, 2.24) is 4.98 Å². The van der Waals surface area contributed by atoms with Gasteiger partial charge in [-0.1, -0.05) is 43.6 Å². The third-order valence-corrected chi connectivity index (χ3v) is 7.45. The lowest BCUT2D eigenvalue weighted by atomic mass is 9.73. The van der Waals surface area contributed by atoms with Crippen LogP contribution in [0.5, 0.6) is 11.5 Å². The fourth-order valence-corrected chi connectivity index (χ4v) is 5.62. The van der Waals surface area contributed by atoms with E-state index in [4.69, 9.17) is 16.3 Å². The summed E-state index contributed by atoms with van der Waals surface area (Å²) >= 11 is 10.4. The lowest BCUT2D eigenvalue weighted by Gasteiger charge is -2.37. The minimum atomic E-state index is -0.692. The molecule has 0 saturated heterocycles. The van der Waals surface area contributed by atoms with Crippen LogP contribution in [0.3, 0.4) is 0 Å². The van der Waals surface area contributed by atoms with Gasteiger partial charge in [-0.05, 0) is 63.7 Å². The lowest BCUT2D eigenvalue weighted by molar-refractivity contribution is -0.118. The molecule has 3 aromatic rings. The summed E-state index contributed by atoms with van der Waals surface area (Å²) in [4.78, 5) is 32.6. The first-order valence-corrected chi connectivity index (χ1v) is 12.8. The number of ketones is 1. The second-order valence-corrected chi connectivity index (χ2v) is 11.1. The van der Waals surface area contributed by atoms with Crippen molar-refractivity contribution in [3.05, 3.63) is 87.3 Å². The van der Waals surface area contributed by atoms with Crippen LogP contribution in [0.1, 0.15) is 45.2 Å². The molecule has 1 N–H and O–H groups in total. The zero-order valence-electron chi connectivity index (χ0n) is 20.1. The van der Waals surface area contributed by atoms with Crippen LogP contribution in [0.2, 0.25) is 5.02 Å². The van der Waals surface area contributed by atoms with Crippen molar-refractivity contribution in [1.29, 1.82) is 0 Å². The molecule has 0 spiro atoms. The average Bonchev–Trinajstić information content (AvgIpc) is 2.94. The molecule has 0 radical (unpaired) electrons. The molecule has 1 aliphatic heterocycles. The molecule has 1 aromatic heterocycles. The summed E-state index contributed by atoms with van der Waals surface area (Å²) in [6.45, 7) is 5.65. The minimum Gasteiger partial charge on any atom is -0.456 e. The smallest absolute Gasteiger partial charge is 0.224 e. The summed E-state index contributed by atoms with van der Waals surface area (Å²) in [6.07, 6.45) is 4.36. The van der Waals surface area contributed by atoms with Gasteiger partial charge < -0.3 is 10.1 Å². The Kier molecular flexibility index (Phi) is 6.39. The maximum atomic E-state index is 13.6. The van der Waals surface area contributed by atoms with E-state index in [1.807, 2.05) is 36.4 Å². The normalized spacial score (nSPS) is 18.6. The first-order valence-electron chi connectivity index (χ1n) is 11.6. The monoisotopic (exact) mass is 565 g/mol. The summed E-state index contributed by atoms with van der Waals surface area (Å²) in [5.74, 6) is 0.994. The first-order chi connectivity index (χ1) is 17.1. The number of benzene rings is 2. The van der Waals surface area contributed by atoms with Crippen molar-refractivity contribution in [2.75, 3.05) is 10.2 Å². The summed E-state index contributed by atoms with van der Waals surface area (Å²) in [7, 11) is 0. The van der Waals surface area contributed by atoms with Gasteiger partial charge in [0.05, 0.1) is 28.1 Å². The maximum Gasteiger partial charge on any atom is 0.224 e. The molecule has 1 aliphatic carbocycles. The van der Waals surface area contributed by atoms with Crippen LogP contribution >= 0.6 is 27.5 Å². The van der Waals surface area contributed by atoms with Crippen molar-refractivity contribution in [2.24, 2.45) is 5.41 Å². The number of para-hydroxylation sites is 1. The Labute approximate surface area is 223 Å². The fraction of sp³-hybridized carbons (Fsp3) is 0.250. The van der Waals surface area contributed by atoms with E-state index in [0.29, 0.717) is 51.9 Å². The Hall–Kier alpha value is -3.16. The molecule has 5 rings (SSSR count). The molecule has 0 fully saturated rings. The van der Waals surface area contributed by atoms with Crippen molar-refractivity contribution in [2.45, 2.75) is 39.7 Å². The molecule has 2 aliphatic rings. The molecule has 0 bridgehead atoms. The predicted octanol–water partition coefficient (Wildman–Crippen LogP) is 7.45. The standard InChI is InChI=1S/C28H25BrClN3O3/c1-16(34)33-23-10-11-31-15-22(23)32-21-13-28(2,3)14-24(35)26(21)27(33)18-9-8-17(12-20(18)30)36-25-7-5-4-6-19(25)29/h4-12,15,27,32H,13-14H2,1-3H3. The number of allylic oxidation sites excluding steroid dienone is 1. The fourth-order valence-electron chi connectivity index (χ4n) is 4.98. The summed E-state index contributed by atoms with van der Waals surface area (Å²) in [6, 6.07) is 14.0. The highest BCUT2D eigenvalue weighted by Gasteiger charge is 2.43. The van der Waals surface area contributed by atoms with Crippen molar-refractivity contribution in [3.63, 3.8) is 0 Å². The Balaban J connectivity index is 1.66. The zero-order chi connectivity index (χ0) is 25.6. The van der Waals surface area contributed by atoms with Crippen LogP contribution in [0, 0.1) is 5.41 Å². The number of halogens is 2. The van der Waals surface area contributed by atoms with Crippen LogP contribution in [0.15, 0.2) is 76.7 Å². The Morgan fingerprint density at radius 2 is 1.97 bits per heavy atom. The Morgan fingerprint density at radius 1 is 1.19 bits per heavy atom. The number of fused-ring (bicyclic) bond motifs is 1. The third kappa shape index (κ3) is 4.53. The number of Topliss-reactive ketones (excluding diaryl/α,β-unsaturated/α-hetero) is 1. The van der Waals surface area contributed by atoms with Crippen molar-refractivity contribution in [3.8, 4) is 11.5 Å². The topological polar surface area (TPSA) is 71.5 Å². The van der Waals surface area contributed by atoms with Gasteiger partial charge in [0.25, 0.3) is 0 Å². The highest BCUT2D eigenvalue weighted by Crippen LogP contribution is 2.49. The number of carbonyl (C=O) groups is 2. The van der Waals surface area contributed by atoms with Crippen LogP contribution in [-0.2, 0) is 9.59 Å². The van der Waals surface area contributed by atoms with E-state index in [9.17, 15) is 9.59 Å². The number of hydrogen-bond acceptors (Lipinski definition) is 5. The van der Waals surface area contributed by atoms with Crippen molar-refractivity contribution >= 4 is 50.6 Å². The molecular formula is C28H25BrClN3O3. The van der Waals surface area contributed by atoms with Crippen LogP contribution < -0.4 is 15.0 Å². The number of ether oxygens (including phenoxy) is 1. The molecule has 1 atom stereocenters. The van der Waals surface area contributed by atoms with E-state index in [1.165, 1.54) is 6.92 Å². The second kappa shape index (κ2) is 9.37. The molecule has 1 amide bonds. The van der Waals surface area contributed by atoms with Crippen LogP contribution in [0.25, 0.3) is 0 Å². The molecule has 0 saturated carbocycles. The van der Waals surface area contributed by atoms with E-state index < -0.39 is 6.04 Å².